The summed E-state index contributed by atoms with van der Waals surface area (Å²) >= 11 is 3.23. The van der Waals surface area contributed by atoms with Crippen LogP contribution in [0, 0.1) is 6.92 Å². The number of aromatic nitrogens is 2. The maximum atomic E-state index is 4.93. The van der Waals surface area contributed by atoms with Crippen LogP contribution in [0.25, 0.3) is 0 Å². The lowest BCUT2D eigenvalue weighted by Gasteiger charge is -2.00. The molecule has 1 heterocycles. The van der Waals surface area contributed by atoms with Gasteiger partial charge in [0, 0.05) is 0 Å². The molecule has 3 nitrogen and oxygen atoms in total. The highest BCUT2D eigenvalue weighted by Crippen LogP contribution is 2.19. The molecule has 0 bridgehead atoms. The smallest absolute Gasteiger partial charge is 0.169 e. The Kier molecular flexibility index (Phi) is 2.21. The van der Waals surface area contributed by atoms with Crippen molar-refractivity contribution in [2.24, 2.45) is 0 Å². The molecule has 0 atom stereocenters. The van der Waals surface area contributed by atoms with Crippen LogP contribution < -0.4 is 4.74 Å². The van der Waals surface area contributed by atoms with Crippen LogP contribution in [-0.2, 0) is 0 Å². The van der Waals surface area contributed by atoms with E-state index in [1.54, 1.807) is 13.3 Å². The fourth-order valence-corrected chi connectivity index (χ4v) is 1.09. The quantitative estimate of drug-likeness (QED) is 0.649. The van der Waals surface area contributed by atoms with E-state index in [0.717, 1.165) is 5.82 Å². The Morgan fingerprint density at radius 3 is 2.80 bits per heavy atom. The topological polar surface area (TPSA) is 35.0 Å². The predicted octanol–water partition coefficient (Wildman–Crippen LogP) is 1.56. The molecule has 10 heavy (non-hydrogen) atoms. The van der Waals surface area contributed by atoms with Gasteiger partial charge in [-0.3, -0.25) is 0 Å². The first-order valence-corrected chi connectivity index (χ1v) is 3.56. The fraction of sp³-hybridized carbons (Fsp3) is 0.333. The Bertz CT molecular complexity index is 239. The van der Waals surface area contributed by atoms with E-state index in [-0.39, 0.29) is 0 Å². The average Bonchev–Trinajstić information content (AvgIpc) is 1.88. The SMILES string of the molecule is COc1cnc(C)nc1Br. The zero-order valence-electron chi connectivity index (χ0n) is 5.76. The maximum Gasteiger partial charge on any atom is 0.169 e. The molecule has 0 fully saturated rings. The van der Waals surface area contributed by atoms with Crippen molar-refractivity contribution in [2.75, 3.05) is 7.11 Å². The Morgan fingerprint density at radius 1 is 1.60 bits per heavy atom. The third-order valence-electron chi connectivity index (χ3n) is 1.05. The molecular weight excluding hydrogens is 196 g/mol. The van der Waals surface area contributed by atoms with Gasteiger partial charge in [-0.15, -0.1) is 0 Å². The van der Waals surface area contributed by atoms with Gasteiger partial charge < -0.3 is 4.74 Å². The van der Waals surface area contributed by atoms with Gasteiger partial charge in [0.25, 0.3) is 0 Å². The molecule has 0 aromatic carbocycles. The number of ether oxygens (including phenoxy) is 1. The number of methoxy groups -OCH3 is 1. The standard InChI is InChI=1S/C6H7BrN2O/c1-4-8-3-5(10-2)6(7)9-4/h3H,1-2H3. The summed E-state index contributed by atoms with van der Waals surface area (Å²) in [6.07, 6.45) is 1.63. The van der Waals surface area contributed by atoms with E-state index >= 15 is 0 Å². The van der Waals surface area contributed by atoms with E-state index in [2.05, 4.69) is 25.9 Å². The third kappa shape index (κ3) is 1.44. The first kappa shape index (κ1) is 7.47. The van der Waals surface area contributed by atoms with Crippen LogP contribution in [0.4, 0.5) is 0 Å². The molecule has 0 aliphatic carbocycles. The van der Waals surface area contributed by atoms with Crippen LogP contribution in [0.2, 0.25) is 0 Å². The normalized spacial score (nSPS) is 9.50. The number of halogens is 1. The van der Waals surface area contributed by atoms with Crippen LogP contribution in [0.1, 0.15) is 5.82 Å². The van der Waals surface area contributed by atoms with E-state index < -0.39 is 0 Å². The molecule has 1 aromatic rings. The number of rotatable bonds is 1. The number of nitrogens with zero attached hydrogens (tertiary/aromatic N) is 2. The fourth-order valence-electron chi connectivity index (χ4n) is 0.568. The summed E-state index contributed by atoms with van der Waals surface area (Å²) in [4.78, 5) is 7.97. The van der Waals surface area contributed by atoms with Crippen LogP contribution in [0.3, 0.4) is 0 Å². The van der Waals surface area contributed by atoms with E-state index in [4.69, 9.17) is 4.74 Å². The molecule has 0 unspecified atom stereocenters. The summed E-state index contributed by atoms with van der Waals surface area (Å²) in [7, 11) is 1.58. The second-order valence-electron chi connectivity index (χ2n) is 1.78. The highest BCUT2D eigenvalue weighted by atomic mass is 79.9. The molecule has 54 valence electrons. The largest absolute Gasteiger partial charge is 0.492 e. The molecule has 0 aliphatic rings. The van der Waals surface area contributed by atoms with Crippen molar-refractivity contribution >= 4 is 15.9 Å². The highest BCUT2D eigenvalue weighted by Gasteiger charge is 1.99. The highest BCUT2D eigenvalue weighted by molar-refractivity contribution is 9.10. The molecular formula is C6H7BrN2O. The maximum absolute atomic E-state index is 4.93. The summed E-state index contributed by atoms with van der Waals surface area (Å²) in [6.45, 7) is 1.82. The van der Waals surface area contributed by atoms with Gasteiger partial charge in [-0.2, -0.15) is 0 Å². The van der Waals surface area contributed by atoms with E-state index in [1.807, 2.05) is 6.92 Å². The lowest BCUT2D eigenvalue weighted by atomic mass is 10.6. The van der Waals surface area contributed by atoms with Crippen molar-refractivity contribution < 1.29 is 4.74 Å². The molecule has 0 radical (unpaired) electrons. The second-order valence-corrected chi connectivity index (χ2v) is 2.53. The van der Waals surface area contributed by atoms with Gasteiger partial charge in [-0.05, 0) is 22.9 Å². The molecule has 4 heteroatoms. The van der Waals surface area contributed by atoms with Crippen LogP contribution in [0.5, 0.6) is 5.75 Å². The zero-order valence-corrected chi connectivity index (χ0v) is 7.34. The van der Waals surface area contributed by atoms with Gasteiger partial charge in [0.2, 0.25) is 0 Å². The van der Waals surface area contributed by atoms with Crippen molar-refractivity contribution in [1.29, 1.82) is 0 Å². The number of hydrogen-bond acceptors (Lipinski definition) is 3. The van der Waals surface area contributed by atoms with Crippen LogP contribution in [0.15, 0.2) is 10.8 Å². The molecule has 0 saturated heterocycles. The summed E-state index contributed by atoms with van der Waals surface area (Å²) in [6, 6.07) is 0. The van der Waals surface area contributed by atoms with Crippen LogP contribution >= 0.6 is 15.9 Å². The van der Waals surface area contributed by atoms with Gasteiger partial charge in [-0.1, -0.05) is 0 Å². The molecule has 1 rings (SSSR count). The summed E-state index contributed by atoms with van der Waals surface area (Å²) < 4.78 is 5.62. The van der Waals surface area contributed by atoms with Crippen LogP contribution in [-0.4, -0.2) is 17.1 Å². The second kappa shape index (κ2) is 2.96. The van der Waals surface area contributed by atoms with Gasteiger partial charge in [0.1, 0.15) is 5.82 Å². The monoisotopic (exact) mass is 202 g/mol. The lowest BCUT2D eigenvalue weighted by molar-refractivity contribution is 0.407. The molecule has 0 saturated carbocycles. The van der Waals surface area contributed by atoms with Crippen molar-refractivity contribution in [1.82, 2.24) is 9.97 Å². The molecule has 0 amide bonds. The minimum Gasteiger partial charge on any atom is -0.492 e. The van der Waals surface area contributed by atoms with Gasteiger partial charge in [0.15, 0.2) is 10.4 Å². The van der Waals surface area contributed by atoms with Gasteiger partial charge in [0.05, 0.1) is 13.3 Å². The van der Waals surface area contributed by atoms with Gasteiger partial charge >= 0.3 is 0 Å². The van der Waals surface area contributed by atoms with Crippen molar-refractivity contribution in [2.45, 2.75) is 6.92 Å². The van der Waals surface area contributed by atoms with Crippen molar-refractivity contribution in [3.8, 4) is 5.75 Å². The van der Waals surface area contributed by atoms with E-state index in [1.165, 1.54) is 0 Å². The Balaban J connectivity index is 3.07. The zero-order chi connectivity index (χ0) is 7.56. The van der Waals surface area contributed by atoms with Crippen molar-refractivity contribution in [3.63, 3.8) is 0 Å². The Hall–Kier alpha value is -0.640. The first-order chi connectivity index (χ1) is 4.74. The van der Waals surface area contributed by atoms with Gasteiger partial charge in [-0.25, -0.2) is 9.97 Å². The average molecular weight is 203 g/mol. The van der Waals surface area contributed by atoms with Crippen molar-refractivity contribution in [3.05, 3.63) is 16.6 Å². The lowest BCUT2D eigenvalue weighted by Crippen LogP contribution is -1.91. The van der Waals surface area contributed by atoms with E-state index in [0.29, 0.717) is 10.4 Å². The summed E-state index contributed by atoms with van der Waals surface area (Å²) in [5.41, 5.74) is 0. The minimum atomic E-state index is 0.658. The third-order valence-corrected chi connectivity index (χ3v) is 1.62. The number of hydrogen-bond donors (Lipinski definition) is 0. The summed E-state index contributed by atoms with van der Waals surface area (Å²) in [5, 5.41) is 0. The molecule has 0 spiro atoms. The predicted molar refractivity (Wildman–Crippen MR) is 41.0 cm³/mol. The molecule has 0 aliphatic heterocycles. The minimum absolute atomic E-state index is 0.658. The van der Waals surface area contributed by atoms with E-state index in [9.17, 15) is 0 Å². The summed E-state index contributed by atoms with van der Waals surface area (Å²) in [5.74, 6) is 1.39. The molecule has 0 N–H and O–H groups in total. The first-order valence-electron chi connectivity index (χ1n) is 2.77. The number of aryl methyl sites for hydroxylation is 1. The Labute approximate surface area is 67.6 Å². The Morgan fingerprint density at radius 2 is 2.30 bits per heavy atom. The molecule has 1 aromatic heterocycles.